The molecule has 0 heterocycles. The van der Waals surface area contributed by atoms with Gasteiger partial charge in [0.1, 0.15) is 0 Å². The van der Waals surface area contributed by atoms with Gasteiger partial charge in [-0.15, -0.1) is 0 Å². The van der Waals surface area contributed by atoms with Crippen LogP contribution >= 0.6 is 0 Å². The minimum Gasteiger partial charge on any atom is -0.328 e. The summed E-state index contributed by atoms with van der Waals surface area (Å²) >= 11 is 0. The van der Waals surface area contributed by atoms with Gasteiger partial charge in [0.25, 0.3) is 20.2 Å². The predicted molar refractivity (Wildman–Crippen MR) is 99.4 cm³/mol. The van der Waals surface area contributed by atoms with Gasteiger partial charge in [-0.1, -0.05) is 0 Å². The molecule has 10 heteroatoms. The molecule has 152 valence electrons. The van der Waals surface area contributed by atoms with Crippen LogP contribution in [0, 0.1) is 11.8 Å². The summed E-state index contributed by atoms with van der Waals surface area (Å²) < 4.78 is 51.7. The lowest BCUT2D eigenvalue weighted by Crippen LogP contribution is -2.30. The molecule has 6 N–H and O–H groups in total. The molecule has 2 rings (SSSR count). The zero-order chi connectivity index (χ0) is 19.7. The van der Waals surface area contributed by atoms with Crippen molar-refractivity contribution < 1.29 is 25.9 Å². The maximum absolute atomic E-state index is 9.19. The SMILES string of the molecule is CS(=O)(=O)O.CS(=O)(=O)O.NC1CCC(CC2CCC(N)CC2)CC1. The highest BCUT2D eigenvalue weighted by Crippen LogP contribution is 2.34. The minimum atomic E-state index is -3.67. The van der Waals surface area contributed by atoms with E-state index in [1.807, 2.05) is 0 Å². The smallest absolute Gasteiger partial charge is 0.261 e. The van der Waals surface area contributed by atoms with Gasteiger partial charge in [-0.25, -0.2) is 0 Å². The molecular formula is C15H34N2O6S2. The Kier molecular flexibility index (Phi) is 11.3. The molecule has 8 nitrogen and oxygen atoms in total. The van der Waals surface area contributed by atoms with E-state index in [2.05, 4.69) is 0 Å². The first-order valence-electron chi connectivity index (χ1n) is 8.60. The molecule has 2 saturated carbocycles. The van der Waals surface area contributed by atoms with E-state index in [0.717, 1.165) is 11.8 Å². The predicted octanol–water partition coefficient (Wildman–Crippen LogP) is 1.42. The van der Waals surface area contributed by atoms with Crippen LogP contribution in [0.5, 0.6) is 0 Å². The maximum atomic E-state index is 9.19. The normalized spacial score (nSPS) is 30.3. The molecule has 0 amide bonds. The Morgan fingerprint density at radius 2 is 0.880 bits per heavy atom. The number of nitrogens with two attached hydrogens (primary N) is 2. The Balaban J connectivity index is 0.000000480. The zero-order valence-electron chi connectivity index (χ0n) is 15.2. The van der Waals surface area contributed by atoms with E-state index in [0.29, 0.717) is 24.6 Å². The molecule has 0 saturated heterocycles. The van der Waals surface area contributed by atoms with Gasteiger partial charge >= 0.3 is 0 Å². The molecule has 0 aromatic rings. The summed E-state index contributed by atoms with van der Waals surface area (Å²) in [5.41, 5.74) is 11.9. The van der Waals surface area contributed by atoms with Crippen LogP contribution in [-0.2, 0) is 20.2 Å². The van der Waals surface area contributed by atoms with Crippen molar-refractivity contribution in [2.75, 3.05) is 12.5 Å². The molecule has 2 fully saturated rings. The molecule has 0 spiro atoms. The van der Waals surface area contributed by atoms with Gasteiger partial charge in [0.2, 0.25) is 0 Å². The van der Waals surface area contributed by atoms with Crippen molar-refractivity contribution >= 4 is 20.2 Å². The van der Waals surface area contributed by atoms with E-state index in [1.165, 1.54) is 57.8 Å². The molecule has 0 bridgehead atoms. The Morgan fingerprint density at radius 1 is 0.680 bits per heavy atom. The van der Waals surface area contributed by atoms with Gasteiger partial charge in [-0.3, -0.25) is 9.11 Å². The van der Waals surface area contributed by atoms with Crippen LogP contribution in [0.25, 0.3) is 0 Å². The first-order valence-corrected chi connectivity index (χ1v) is 12.3. The standard InChI is InChI=1S/C13H26N2.2CH4O3S/c14-12-5-1-10(2-6-12)9-11-3-7-13(15)8-4-11;2*1-5(2,3)4/h10-13H,1-9,14-15H2;2*1H3,(H,2,3,4). The minimum absolute atomic E-state index is 0.501. The monoisotopic (exact) mass is 402 g/mol. The topological polar surface area (TPSA) is 161 Å². The van der Waals surface area contributed by atoms with Crippen molar-refractivity contribution in [2.24, 2.45) is 23.3 Å². The summed E-state index contributed by atoms with van der Waals surface area (Å²) in [4.78, 5) is 0. The Morgan fingerprint density at radius 3 is 1.08 bits per heavy atom. The molecule has 0 atom stereocenters. The summed E-state index contributed by atoms with van der Waals surface area (Å²) in [6, 6.07) is 1.00. The molecule has 25 heavy (non-hydrogen) atoms. The van der Waals surface area contributed by atoms with Crippen LogP contribution in [0.1, 0.15) is 57.8 Å². The molecule has 0 aromatic heterocycles. The van der Waals surface area contributed by atoms with Gasteiger partial charge in [-0.2, -0.15) is 16.8 Å². The lowest BCUT2D eigenvalue weighted by atomic mass is 9.76. The molecule has 0 unspecified atom stereocenters. The number of rotatable bonds is 2. The van der Waals surface area contributed by atoms with Crippen LogP contribution in [0.4, 0.5) is 0 Å². The maximum Gasteiger partial charge on any atom is 0.261 e. The molecule has 2 aliphatic carbocycles. The lowest BCUT2D eigenvalue weighted by Gasteiger charge is -2.32. The fourth-order valence-corrected chi connectivity index (χ4v) is 3.32. The van der Waals surface area contributed by atoms with E-state index < -0.39 is 20.2 Å². The van der Waals surface area contributed by atoms with Gasteiger partial charge < -0.3 is 11.5 Å². The molecule has 2 aliphatic rings. The number of hydrogen-bond acceptors (Lipinski definition) is 6. The van der Waals surface area contributed by atoms with Crippen LogP contribution < -0.4 is 11.5 Å². The van der Waals surface area contributed by atoms with Crippen molar-refractivity contribution in [1.29, 1.82) is 0 Å². The van der Waals surface area contributed by atoms with Crippen LogP contribution in [0.3, 0.4) is 0 Å². The van der Waals surface area contributed by atoms with Crippen molar-refractivity contribution in [3.8, 4) is 0 Å². The second-order valence-corrected chi connectivity index (χ2v) is 10.2. The molecular weight excluding hydrogens is 368 g/mol. The van der Waals surface area contributed by atoms with Crippen molar-refractivity contribution in [1.82, 2.24) is 0 Å². The Bertz CT molecular complexity index is 483. The summed E-state index contributed by atoms with van der Waals surface area (Å²) in [5, 5.41) is 0. The average Bonchev–Trinajstić information content (AvgIpc) is 2.40. The van der Waals surface area contributed by atoms with Crippen molar-refractivity contribution in [3.05, 3.63) is 0 Å². The zero-order valence-corrected chi connectivity index (χ0v) is 16.8. The highest BCUT2D eigenvalue weighted by atomic mass is 32.2. The van der Waals surface area contributed by atoms with Crippen LogP contribution in [0.2, 0.25) is 0 Å². The highest BCUT2D eigenvalue weighted by Gasteiger charge is 2.24. The quantitative estimate of drug-likeness (QED) is 0.504. The summed E-state index contributed by atoms with van der Waals surface area (Å²) in [5.74, 6) is 1.95. The van der Waals surface area contributed by atoms with Crippen molar-refractivity contribution in [3.63, 3.8) is 0 Å². The lowest BCUT2D eigenvalue weighted by molar-refractivity contribution is 0.225. The molecule has 0 aromatic carbocycles. The summed E-state index contributed by atoms with van der Waals surface area (Å²) in [6.07, 6.45) is 13.4. The van der Waals surface area contributed by atoms with E-state index in [4.69, 9.17) is 20.6 Å². The van der Waals surface area contributed by atoms with E-state index in [-0.39, 0.29) is 0 Å². The van der Waals surface area contributed by atoms with Crippen LogP contribution in [0.15, 0.2) is 0 Å². The summed E-state index contributed by atoms with van der Waals surface area (Å²) in [7, 11) is -7.33. The fourth-order valence-electron chi connectivity index (χ4n) is 3.32. The third-order valence-electron chi connectivity index (χ3n) is 4.45. The summed E-state index contributed by atoms with van der Waals surface area (Å²) in [6.45, 7) is 0. The first kappa shape index (κ1) is 24.7. The third-order valence-corrected chi connectivity index (χ3v) is 4.45. The second-order valence-electron chi connectivity index (χ2n) is 7.26. The fraction of sp³-hybridized carbons (Fsp3) is 1.00. The Labute approximate surface area is 152 Å². The van der Waals surface area contributed by atoms with Gasteiger partial charge in [0.05, 0.1) is 12.5 Å². The Hall–Kier alpha value is -0.260. The van der Waals surface area contributed by atoms with Gasteiger partial charge in [0, 0.05) is 12.1 Å². The van der Waals surface area contributed by atoms with E-state index >= 15 is 0 Å². The van der Waals surface area contributed by atoms with E-state index in [1.54, 1.807) is 0 Å². The molecule has 0 radical (unpaired) electrons. The second kappa shape index (κ2) is 11.5. The average molecular weight is 403 g/mol. The van der Waals surface area contributed by atoms with E-state index in [9.17, 15) is 16.8 Å². The molecule has 0 aliphatic heterocycles. The van der Waals surface area contributed by atoms with Gasteiger partial charge in [0.15, 0.2) is 0 Å². The number of hydrogen-bond donors (Lipinski definition) is 4. The van der Waals surface area contributed by atoms with Crippen molar-refractivity contribution in [2.45, 2.75) is 69.9 Å². The highest BCUT2D eigenvalue weighted by molar-refractivity contribution is 7.85. The third kappa shape index (κ3) is 19.9. The largest absolute Gasteiger partial charge is 0.328 e. The first-order chi connectivity index (χ1) is 11.2. The van der Waals surface area contributed by atoms with Gasteiger partial charge in [-0.05, 0) is 69.6 Å². The van der Waals surface area contributed by atoms with Crippen LogP contribution in [-0.4, -0.2) is 50.5 Å².